The summed E-state index contributed by atoms with van der Waals surface area (Å²) in [6.07, 6.45) is 3.47. The highest BCUT2D eigenvalue weighted by Crippen LogP contribution is 2.22. The highest BCUT2D eigenvalue weighted by molar-refractivity contribution is 7.09. The highest BCUT2D eigenvalue weighted by atomic mass is 32.1. The van der Waals surface area contributed by atoms with E-state index in [4.69, 9.17) is 0 Å². The summed E-state index contributed by atoms with van der Waals surface area (Å²) in [5.74, 6) is 0.236. The number of halogens is 1. The minimum atomic E-state index is -0.705. The second-order valence-corrected chi connectivity index (χ2v) is 4.71. The lowest BCUT2D eigenvalue weighted by atomic mass is 9.92. The van der Waals surface area contributed by atoms with Gasteiger partial charge in [-0.2, -0.15) is 0 Å². The lowest BCUT2D eigenvalue weighted by Gasteiger charge is -2.25. The van der Waals surface area contributed by atoms with Crippen molar-refractivity contribution >= 4 is 11.3 Å². The zero-order chi connectivity index (χ0) is 9.80. The Hall–Kier alpha value is -0.480. The van der Waals surface area contributed by atoms with Crippen LogP contribution >= 0.6 is 11.3 Å². The Morgan fingerprint density at radius 1 is 1.57 bits per heavy atom. The standard InChI is InChI=1S/C10H15FN2S/c11-9(7-10-13-5-6-14-10)8-1-3-12-4-2-8/h5-6,8-9,12H,1-4,7H2. The molecule has 14 heavy (non-hydrogen) atoms. The minimum absolute atomic E-state index is 0.236. The van der Waals surface area contributed by atoms with Crippen LogP contribution in [0.2, 0.25) is 0 Å². The molecule has 0 bridgehead atoms. The van der Waals surface area contributed by atoms with E-state index >= 15 is 0 Å². The molecule has 0 aromatic carbocycles. The zero-order valence-corrected chi connectivity index (χ0v) is 8.89. The molecule has 1 aliphatic rings. The summed E-state index contributed by atoms with van der Waals surface area (Å²) in [6, 6.07) is 0. The van der Waals surface area contributed by atoms with Gasteiger partial charge in [0.05, 0.1) is 5.01 Å². The van der Waals surface area contributed by atoms with E-state index < -0.39 is 6.17 Å². The van der Waals surface area contributed by atoms with E-state index in [0.29, 0.717) is 6.42 Å². The quantitative estimate of drug-likeness (QED) is 0.832. The maximum atomic E-state index is 13.8. The van der Waals surface area contributed by atoms with Gasteiger partial charge in [0.1, 0.15) is 6.17 Å². The molecule has 1 atom stereocenters. The molecule has 2 nitrogen and oxygen atoms in total. The van der Waals surface area contributed by atoms with E-state index in [1.807, 2.05) is 5.38 Å². The van der Waals surface area contributed by atoms with Crippen LogP contribution in [0.5, 0.6) is 0 Å². The first-order valence-corrected chi connectivity index (χ1v) is 5.97. The summed E-state index contributed by atoms with van der Waals surface area (Å²) in [6.45, 7) is 1.92. The van der Waals surface area contributed by atoms with Gasteiger partial charge in [0.25, 0.3) is 0 Å². The lowest BCUT2D eigenvalue weighted by molar-refractivity contribution is 0.187. The molecule has 1 fully saturated rings. The fraction of sp³-hybridized carbons (Fsp3) is 0.700. The number of aromatic nitrogens is 1. The van der Waals surface area contributed by atoms with Gasteiger partial charge < -0.3 is 5.32 Å². The van der Waals surface area contributed by atoms with E-state index in [2.05, 4.69) is 10.3 Å². The molecule has 1 N–H and O–H groups in total. The van der Waals surface area contributed by atoms with Gasteiger partial charge in [-0.15, -0.1) is 11.3 Å². The Bertz CT molecular complexity index is 257. The maximum Gasteiger partial charge on any atom is 0.109 e. The van der Waals surface area contributed by atoms with Crippen molar-refractivity contribution in [2.75, 3.05) is 13.1 Å². The molecule has 1 aromatic heterocycles. The smallest absolute Gasteiger partial charge is 0.109 e. The van der Waals surface area contributed by atoms with E-state index in [9.17, 15) is 4.39 Å². The summed E-state index contributed by atoms with van der Waals surface area (Å²) in [5, 5.41) is 6.08. The number of alkyl halides is 1. The number of hydrogen-bond acceptors (Lipinski definition) is 3. The Kier molecular flexibility index (Phi) is 3.48. The van der Waals surface area contributed by atoms with E-state index in [0.717, 1.165) is 30.9 Å². The number of piperidine rings is 1. The Labute approximate surface area is 87.6 Å². The Balaban J connectivity index is 1.85. The number of nitrogens with zero attached hydrogens (tertiary/aromatic N) is 1. The second kappa shape index (κ2) is 4.84. The molecule has 78 valence electrons. The van der Waals surface area contributed by atoms with Gasteiger partial charge in [-0.25, -0.2) is 9.37 Å². The predicted molar refractivity (Wildman–Crippen MR) is 56.3 cm³/mol. The third-order valence-corrected chi connectivity index (χ3v) is 3.55. The van der Waals surface area contributed by atoms with Crippen molar-refractivity contribution in [1.29, 1.82) is 0 Å². The predicted octanol–water partition coefficient (Wildman–Crippen LogP) is 2.02. The van der Waals surface area contributed by atoms with Gasteiger partial charge in [-0.05, 0) is 31.8 Å². The van der Waals surface area contributed by atoms with Crippen molar-refractivity contribution in [2.24, 2.45) is 5.92 Å². The fourth-order valence-corrected chi connectivity index (χ4v) is 2.55. The average molecular weight is 214 g/mol. The van der Waals surface area contributed by atoms with Crippen molar-refractivity contribution in [3.63, 3.8) is 0 Å². The molecule has 2 rings (SSSR count). The molecule has 2 heterocycles. The van der Waals surface area contributed by atoms with Crippen molar-refractivity contribution in [2.45, 2.75) is 25.4 Å². The first kappa shape index (κ1) is 10.1. The monoisotopic (exact) mass is 214 g/mol. The van der Waals surface area contributed by atoms with E-state index in [1.165, 1.54) is 0 Å². The minimum Gasteiger partial charge on any atom is -0.317 e. The molecule has 0 radical (unpaired) electrons. The number of nitrogens with one attached hydrogen (secondary N) is 1. The van der Waals surface area contributed by atoms with Crippen molar-refractivity contribution in [3.8, 4) is 0 Å². The first-order chi connectivity index (χ1) is 6.86. The molecule has 1 aliphatic heterocycles. The number of hydrogen-bond donors (Lipinski definition) is 1. The van der Waals surface area contributed by atoms with Gasteiger partial charge in [0, 0.05) is 18.0 Å². The van der Waals surface area contributed by atoms with Crippen LogP contribution in [-0.4, -0.2) is 24.2 Å². The lowest BCUT2D eigenvalue weighted by Crippen LogP contribution is -2.33. The van der Waals surface area contributed by atoms with Crippen LogP contribution in [0.3, 0.4) is 0 Å². The van der Waals surface area contributed by atoms with Crippen molar-refractivity contribution in [3.05, 3.63) is 16.6 Å². The van der Waals surface area contributed by atoms with Gasteiger partial charge in [-0.3, -0.25) is 0 Å². The van der Waals surface area contributed by atoms with E-state index in [-0.39, 0.29) is 5.92 Å². The average Bonchev–Trinajstić information content (AvgIpc) is 2.72. The normalized spacial score (nSPS) is 20.9. The van der Waals surface area contributed by atoms with Crippen molar-refractivity contribution < 1.29 is 4.39 Å². The summed E-state index contributed by atoms with van der Waals surface area (Å²) in [7, 11) is 0. The van der Waals surface area contributed by atoms with Crippen LogP contribution in [0.15, 0.2) is 11.6 Å². The van der Waals surface area contributed by atoms with Crippen LogP contribution in [0.25, 0.3) is 0 Å². The van der Waals surface area contributed by atoms with Gasteiger partial charge in [0.2, 0.25) is 0 Å². The van der Waals surface area contributed by atoms with Crippen LogP contribution in [-0.2, 0) is 6.42 Å². The molecule has 0 saturated carbocycles. The number of rotatable bonds is 3. The zero-order valence-electron chi connectivity index (χ0n) is 8.08. The maximum absolute atomic E-state index is 13.8. The van der Waals surface area contributed by atoms with E-state index in [1.54, 1.807) is 17.5 Å². The van der Waals surface area contributed by atoms with Crippen LogP contribution < -0.4 is 5.32 Å². The first-order valence-electron chi connectivity index (χ1n) is 5.09. The number of thiazole rings is 1. The molecule has 0 aliphatic carbocycles. The van der Waals surface area contributed by atoms with Crippen molar-refractivity contribution in [1.82, 2.24) is 10.3 Å². The van der Waals surface area contributed by atoms with Gasteiger partial charge in [-0.1, -0.05) is 0 Å². The summed E-state index contributed by atoms with van der Waals surface area (Å²) >= 11 is 1.55. The SMILES string of the molecule is FC(Cc1nccs1)C1CCNCC1. The highest BCUT2D eigenvalue weighted by Gasteiger charge is 2.23. The molecule has 0 spiro atoms. The molecular weight excluding hydrogens is 199 g/mol. The third-order valence-electron chi connectivity index (χ3n) is 2.75. The Morgan fingerprint density at radius 2 is 2.36 bits per heavy atom. The Morgan fingerprint density at radius 3 is 3.00 bits per heavy atom. The fourth-order valence-electron chi connectivity index (χ4n) is 1.89. The third kappa shape index (κ3) is 2.51. The largest absolute Gasteiger partial charge is 0.317 e. The van der Waals surface area contributed by atoms with Gasteiger partial charge >= 0.3 is 0 Å². The molecule has 0 amide bonds. The molecule has 4 heteroatoms. The molecule has 1 unspecified atom stereocenters. The molecule has 1 aromatic rings. The van der Waals surface area contributed by atoms with Crippen LogP contribution in [0.4, 0.5) is 4.39 Å². The van der Waals surface area contributed by atoms with Crippen LogP contribution in [0, 0.1) is 5.92 Å². The molecular formula is C10H15FN2S. The summed E-state index contributed by atoms with van der Waals surface area (Å²) < 4.78 is 13.8. The van der Waals surface area contributed by atoms with Gasteiger partial charge in [0.15, 0.2) is 0 Å². The van der Waals surface area contributed by atoms with Crippen LogP contribution in [0.1, 0.15) is 17.8 Å². The molecule has 1 saturated heterocycles. The topological polar surface area (TPSA) is 24.9 Å². The summed E-state index contributed by atoms with van der Waals surface area (Å²) in [4.78, 5) is 4.11. The summed E-state index contributed by atoms with van der Waals surface area (Å²) in [5.41, 5.74) is 0. The second-order valence-electron chi connectivity index (χ2n) is 3.73.